The molecule has 2 aromatic rings. The Bertz CT molecular complexity index is 1080. The maximum absolute atomic E-state index is 13.2. The van der Waals surface area contributed by atoms with Crippen molar-refractivity contribution in [3.05, 3.63) is 51.9 Å². The van der Waals surface area contributed by atoms with Gasteiger partial charge in [-0.05, 0) is 42.0 Å². The number of rotatable bonds is 3. The Balaban J connectivity index is 2.25. The van der Waals surface area contributed by atoms with E-state index in [2.05, 4.69) is 5.32 Å². The number of thiocarbonyl (C=S) groups is 1. The molecule has 1 amide bonds. The van der Waals surface area contributed by atoms with Crippen molar-refractivity contribution >= 4 is 40.3 Å². The Morgan fingerprint density at radius 3 is 2.06 bits per heavy atom. The molecule has 0 saturated carbocycles. The van der Waals surface area contributed by atoms with Crippen molar-refractivity contribution in [3.63, 3.8) is 0 Å². The number of carbonyl (C=O) groups excluding carboxylic acids is 1. The summed E-state index contributed by atoms with van der Waals surface area (Å²) in [6.45, 7) is 0. The molecule has 0 bridgehead atoms. The van der Waals surface area contributed by atoms with Crippen molar-refractivity contribution in [1.82, 2.24) is 5.32 Å². The Morgan fingerprint density at radius 1 is 1.03 bits per heavy atom. The summed E-state index contributed by atoms with van der Waals surface area (Å²) in [5.74, 6) is -1.15. The first-order valence-electron chi connectivity index (χ1n) is 8.25. The molecule has 164 valence electrons. The van der Waals surface area contributed by atoms with E-state index < -0.39 is 40.7 Å². The number of carbonyl (C=O) groups is 1. The van der Waals surface area contributed by atoms with E-state index in [4.69, 9.17) is 17.0 Å². The number of nitrogens with one attached hydrogen (secondary N) is 1. The molecule has 0 aromatic heterocycles. The van der Waals surface area contributed by atoms with Crippen LogP contribution in [0.4, 0.5) is 26.3 Å². The monoisotopic (exact) mass is 479 g/mol. The first-order valence-corrected chi connectivity index (χ1v) is 9.48. The molecule has 0 aliphatic carbocycles. The van der Waals surface area contributed by atoms with Crippen LogP contribution >= 0.6 is 24.0 Å². The largest absolute Gasteiger partial charge is 0.507 e. The Hall–Kier alpha value is -2.73. The van der Waals surface area contributed by atoms with E-state index in [0.29, 0.717) is 12.1 Å². The average molecular weight is 479 g/mol. The van der Waals surface area contributed by atoms with Crippen molar-refractivity contribution < 1.29 is 41.0 Å². The highest BCUT2D eigenvalue weighted by molar-refractivity contribution is 8.26. The van der Waals surface area contributed by atoms with Crippen molar-refractivity contribution in [2.45, 2.75) is 12.4 Å². The van der Waals surface area contributed by atoms with Gasteiger partial charge in [0.05, 0.1) is 23.1 Å². The molecule has 0 radical (unpaired) electrons. The molecule has 2 aromatic carbocycles. The second-order valence-electron chi connectivity index (χ2n) is 6.26. The summed E-state index contributed by atoms with van der Waals surface area (Å²) in [6, 6.07) is 3.35. The van der Waals surface area contributed by atoms with Gasteiger partial charge in [-0.2, -0.15) is 26.3 Å². The molecule has 31 heavy (non-hydrogen) atoms. The number of aromatic hydroxyl groups is 1. The maximum Gasteiger partial charge on any atom is 0.416 e. The van der Waals surface area contributed by atoms with Crippen LogP contribution in [0.15, 0.2) is 35.2 Å². The lowest BCUT2D eigenvalue weighted by atomic mass is 9.96. The zero-order chi connectivity index (χ0) is 23.1. The lowest BCUT2D eigenvalue weighted by molar-refractivity contribution is -0.143. The Kier molecular flexibility index (Phi) is 5.98. The van der Waals surface area contributed by atoms with Crippen LogP contribution in [0.3, 0.4) is 0 Å². The van der Waals surface area contributed by atoms with Crippen LogP contribution in [0.2, 0.25) is 0 Å². The zero-order valence-corrected chi connectivity index (χ0v) is 16.9. The minimum atomic E-state index is -5.05. The smallest absolute Gasteiger partial charge is 0.416 e. The lowest BCUT2D eigenvalue weighted by Gasteiger charge is -2.16. The van der Waals surface area contributed by atoms with Crippen molar-refractivity contribution in [1.29, 1.82) is 0 Å². The van der Waals surface area contributed by atoms with Crippen molar-refractivity contribution in [2.75, 3.05) is 7.11 Å². The van der Waals surface area contributed by atoms with Crippen molar-refractivity contribution in [3.8, 4) is 22.6 Å². The van der Waals surface area contributed by atoms with E-state index in [-0.39, 0.29) is 32.2 Å². The number of hydrogen-bond acceptors (Lipinski definition) is 5. The molecular weight excluding hydrogens is 468 g/mol. The number of phenols is 1. The predicted molar refractivity (Wildman–Crippen MR) is 106 cm³/mol. The van der Waals surface area contributed by atoms with Gasteiger partial charge in [0.2, 0.25) is 0 Å². The van der Waals surface area contributed by atoms with E-state index in [9.17, 15) is 36.2 Å². The van der Waals surface area contributed by atoms with E-state index in [1.54, 1.807) is 0 Å². The second kappa shape index (κ2) is 8.08. The molecule has 2 N–H and O–H groups in total. The molecular formula is C19H11F6NO3S2. The summed E-state index contributed by atoms with van der Waals surface area (Å²) in [5, 5.41) is 13.0. The third-order valence-corrected chi connectivity index (χ3v) is 5.34. The van der Waals surface area contributed by atoms with E-state index in [1.807, 2.05) is 0 Å². The molecule has 0 spiro atoms. The topological polar surface area (TPSA) is 58.6 Å². The summed E-state index contributed by atoms with van der Waals surface area (Å²) in [5.41, 5.74) is -3.99. The van der Waals surface area contributed by atoms with Gasteiger partial charge in [0.1, 0.15) is 15.8 Å². The second-order valence-corrected chi connectivity index (χ2v) is 7.98. The third kappa shape index (κ3) is 4.96. The van der Waals surface area contributed by atoms with E-state index in [1.165, 1.54) is 19.3 Å². The fraction of sp³-hybridized carbons (Fsp3) is 0.158. The van der Waals surface area contributed by atoms with Crippen LogP contribution in [-0.4, -0.2) is 22.4 Å². The number of thioether (sulfide) groups is 1. The number of halogens is 6. The summed E-state index contributed by atoms with van der Waals surface area (Å²) in [4.78, 5) is 12.0. The van der Waals surface area contributed by atoms with Gasteiger partial charge < -0.3 is 15.2 Å². The van der Waals surface area contributed by atoms with Gasteiger partial charge in [0.15, 0.2) is 0 Å². The van der Waals surface area contributed by atoms with E-state index in [0.717, 1.165) is 17.8 Å². The molecule has 1 heterocycles. The van der Waals surface area contributed by atoms with Crippen LogP contribution in [0.1, 0.15) is 16.7 Å². The normalized spacial score (nSPS) is 16.0. The maximum atomic E-state index is 13.2. The number of alkyl halides is 6. The first-order chi connectivity index (χ1) is 14.3. The van der Waals surface area contributed by atoms with Crippen LogP contribution in [-0.2, 0) is 17.1 Å². The van der Waals surface area contributed by atoms with Gasteiger partial charge in [0, 0.05) is 11.1 Å². The van der Waals surface area contributed by atoms with Crippen LogP contribution in [0.5, 0.6) is 11.5 Å². The Labute approximate surface area is 180 Å². The zero-order valence-electron chi connectivity index (χ0n) is 15.3. The number of amides is 1. The molecule has 3 rings (SSSR count). The number of hydrogen-bond donors (Lipinski definition) is 2. The Morgan fingerprint density at radius 2 is 1.61 bits per heavy atom. The molecule has 1 aliphatic heterocycles. The highest BCUT2D eigenvalue weighted by Gasteiger charge is 2.37. The van der Waals surface area contributed by atoms with Gasteiger partial charge >= 0.3 is 12.4 Å². The molecule has 1 aliphatic rings. The SMILES string of the molecule is COc1cc(/C=C2\SC(=S)NC2=O)c(O)c(-c2cc(C(F)(F)F)cc(C(F)(F)F)c2)c1. The minimum Gasteiger partial charge on any atom is -0.507 e. The highest BCUT2D eigenvalue weighted by Crippen LogP contribution is 2.43. The molecule has 1 fully saturated rings. The summed E-state index contributed by atoms with van der Waals surface area (Å²) < 4.78 is 84.4. The summed E-state index contributed by atoms with van der Waals surface area (Å²) in [6.07, 6.45) is -8.90. The number of methoxy groups -OCH3 is 1. The van der Waals surface area contributed by atoms with Gasteiger partial charge in [-0.3, -0.25) is 4.79 Å². The fourth-order valence-corrected chi connectivity index (χ4v) is 3.79. The van der Waals surface area contributed by atoms with Crippen molar-refractivity contribution in [2.24, 2.45) is 0 Å². The van der Waals surface area contributed by atoms with Gasteiger partial charge in [0.25, 0.3) is 5.91 Å². The lowest BCUT2D eigenvalue weighted by Crippen LogP contribution is -2.17. The van der Waals surface area contributed by atoms with Crippen LogP contribution in [0, 0.1) is 0 Å². The highest BCUT2D eigenvalue weighted by atomic mass is 32.2. The first kappa shape index (κ1) is 22.9. The average Bonchev–Trinajstić information content (AvgIpc) is 2.98. The standard InChI is InChI=1S/C19H11F6NO3S2/c1-29-12-4-9(5-14-16(28)26-17(30)31-14)15(27)13(7-12)8-2-10(18(20,21)22)6-11(3-8)19(23,24)25/h2-7,27H,1H3,(H,26,28,30)/b14-5-. The van der Waals surface area contributed by atoms with Gasteiger partial charge in [-0.1, -0.05) is 24.0 Å². The molecule has 0 unspecified atom stereocenters. The van der Waals surface area contributed by atoms with Gasteiger partial charge in [-0.25, -0.2) is 0 Å². The summed E-state index contributed by atoms with van der Waals surface area (Å²) >= 11 is 5.75. The third-order valence-electron chi connectivity index (χ3n) is 4.18. The molecule has 4 nitrogen and oxygen atoms in total. The fourth-order valence-electron chi connectivity index (χ4n) is 2.75. The number of benzene rings is 2. The summed E-state index contributed by atoms with van der Waals surface area (Å²) in [7, 11) is 1.23. The molecule has 1 saturated heterocycles. The predicted octanol–water partition coefficient (Wildman–Crippen LogP) is 5.59. The minimum absolute atomic E-state index is 0.00986. The van der Waals surface area contributed by atoms with E-state index >= 15 is 0 Å². The number of ether oxygens (including phenoxy) is 1. The van der Waals surface area contributed by atoms with Gasteiger partial charge in [-0.15, -0.1) is 0 Å². The number of phenolic OH excluding ortho intramolecular Hbond substituents is 1. The van der Waals surface area contributed by atoms with Crippen LogP contribution < -0.4 is 10.1 Å². The van der Waals surface area contributed by atoms with Crippen LogP contribution in [0.25, 0.3) is 17.2 Å². The molecule has 12 heteroatoms. The molecule has 0 atom stereocenters. The quantitative estimate of drug-likeness (QED) is 0.341.